The molecule has 3 aromatic rings. The van der Waals surface area contributed by atoms with E-state index >= 15 is 0 Å². The van der Waals surface area contributed by atoms with Gasteiger partial charge in [-0.25, -0.2) is 9.97 Å². The molecule has 1 amide bonds. The molecule has 2 aliphatic rings. The Labute approximate surface area is 241 Å². The van der Waals surface area contributed by atoms with Crippen LogP contribution >= 0.6 is 11.8 Å². The van der Waals surface area contributed by atoms with Crippen molar-refractivity contribution in [1.82, 2.24) is 25.1 Å². The first kappa shape index (κ1) is 29.4. The number of benzene rings is 1. The molecule has 0 aliphatic carbocycles. The van der Waals surface area contributed by atoms with Gasteiger partial charge in [-0.05, 0) is 17.7 Å². The van der Waals surface area contributed by atoms with Gasteiger partial charge in [-0.15, -0.1) is 0 Å². The molecule has 0 atom stereocenters. The molecule has 0 unspecified atom stereocenters. The fourth-order valence-electron chi connectivity index (χ4n) is 4.71. The molecule has 1 N–H and O–H groups in total. The van der Waals surface area contributed by atoms with Crippen LogP contribution in [0, 0.1) is 0 Å². The first-order valence-electron chi connectivity index (χ1n) is 13.6. The van der Waals surface area contributed by atoms with Crippen molar-refractivity contribution in [3.05, 3.63) is 71.3 Å². The number of amides is 1. The second kappa shape index (κ2) is 13.7. The number of alkyl halides is 3. The summed E-state index contributed by atoms with van der Waals surface area (Å²) < 4.78 is 52.1. The maximum atomic E-state index is 13.7. The van der Waals surface area contributed by atoms with Crippen LogP contribution in [0.1, 0.15) is 27.6 Å². The van der Waals surface area contributed by atoms with Gasteiger partial charge in [0.2, 0.25) is 0 Å². The van der Waals surface area contributed by atoms with E-state index in [4.69, 9.17) is 9.15 Å². The number of nitrogens with zero attached hydrogens (tertiary/aromatic N) is 5. The minimum absolute atomic E-state index is 0.00875. The largest absolute Gasteiger partial charge is 0.455 e. The van der Waals surface area contributed by atoms with Gasteiger partial charge in [0.25, 0.3) is 5.91 Å². The lowest BCUT2D eigenvalue weighted by atomic mass is 10.2. The highest BCUT2D eigenvalue weighted by Gasteiger charge is 2.34. The number of anilines is 1. The van der Waals surface area contributed by atoms with Gasteiger partial charge in [-0.3, -0.25) is 14.6 Å². The number of nitrogens with one attached hydrogen (secondary N) is 1. The third-order valence-electron chi connectivity index (χ3n) is 6.97. The van der Waals surface area contributed by atoms with E-state index in [1.165, 1.54) is 5.56 Å². The van der Waals surface area contributed by atoms with E-state index in [9.17, 15) is 18.0 Å². The predicted octanol–water partition coefficient (Wildman–Crippen LogP) is 3.76. The van der Waals surface area contributed by atoms with Crippen LogP contribution in [-0.2, 0) is 23.2 Å². The number of carbonyl (C=O) groups excluding carboxylic acids is 1. The van der Waals surface area contributed by atoms with Crippen molar-refractivity contribution < 1.29 is 27.1 Å². The number of carbonyl (C=O) groups is 1. The number of morpholine rings is 1. The lowest BCUT2D eigenvalue weighted by Gasteiger charge is -2.35. The average Bonchev–Trinajstić information content (AvgIpc) is 3.46. The summed E-state index contributed by atoms with van der Waals surface area (Å²) in [5.74, 6) is 0.714. The summed E-state index contributed by atoms with van der Waals surface area (Å²) in [7, 11) is 0. The van der Waals surface area contributed by atoms with Crippen molar-refractivity contribution in [2.24, 2.45) is 0 Å². The van der Waals surface area contributed by atoms with Gasteiger partial charge in [0, 0.05) is 65.0 Å². The number of ether oxygens (including phenoxy) is 1. The van der Waals surface area contributed by atoms with E-state index < -0.39 is 11.9 Å². The number of piperazine rings is 1. The van der Waals surface area contributed by atoms with E-state index in [0.29, 0.717) is 51.7 Å². The third-order valence-corrected chi connectivity index (χ3v) is 7.84. The Kier molecular flexibility index (Phi) is 9.80. The first-order valence-corrected chi connectivity index (χ1v) is 14.6. The second-order valence-corrected chi connectivity index (χ2v) is 10.8. The number of furan rings is 1. The monoisotopic (exact) mass is 590 g/mol. The van der Waals surface area contributed by atoms with E-state index in [0.717, 1.165) is 44.0 Å². The maximum Gasteiger partial charge on any atom is 0.433 e. The van der Waals surface area contributed by atoms with Crippen LogP contribution in [0.3, 0.4) is 0 Å². The van der Waals surface area contributed by atoms with Gasteiger partial charge in [0.05, 0.1) is 19.0 Å². The van der Waals surface area contributed by atoms with Gasteiger partial charge in [0.1, 0.15) is 11.6 Å². The molecule has 2 saturated heterocycles. The van der Waals surface area contributed by atoms with Crippen molar-refractivity contribution in [3.63, 3.8) is 0 Å². The molecule has 0 spiro atoms. The lowest BCUT2D eigenvalue weighted by Crippen LogP contribution is -2.46. The fraction of sp³-hybridized carbons (Fsp3) is 0.464. The first-order chi connectivity index (χ1) is 19.8. The normalized spacial score (nSPS) is 17.1. The summed E-state index contributed by atoms with van der Waals surface area (Å²) >= 11 is 1.04. The number of rotatable bonds is 10. The number of hydrogen-bond acceptors (Lipinski definition) is 9. The quantitative estimate of drug-likeness (QED) is 0.280. The molecule has 2 fully saturated rings. The van der Waals surface area contributed by atoms with E-state index in [1.54, 1.807) is 12.1 Å². The van der Waals surface area contributed by atoms with Gasteiger partial charge >= 0.3 is 6.18 Å². The molecule has 13 heteroatoms. The molecule has 2 aliphatic heterocycles. The van der Waals surface area contributed by atoms with Gasteiger partial charge in [-0.2, -0.15) is 13.2 Å². The summed E-state index contributed by atoms with van der Waals surface area (Å²) in [6.45, 7) is 7.60. The minimum atomic E-state index is -4.60. The number of aromatic nitrogens is 2. The second-order valence-electron chi connectivity index (χ2n) is 9.91. The molecule has 0 saturated carbocycles. The van der Waals surface area contributed by atoms with E-state index in [-0.39, 0.29) is 28.4 Å². The van der Waals surface area contributed by atoms with Crippen LogP contribution in [0.4, 0.5) is 19.0 Å². The summed E-state index contributed by atoms with van der Waals surface area (Å²) in [4.78, 5) is 27.0. The molecule has 5 rings (SSSR count). The van der Waals surface area contributed by atoms with Gasteiger partial charge < -0.3 is 19.4 Å². The summed E-state index contributed by atoms with van der Waals surface area (Å²) in [5, 5.41) is 2.85. The molecule has 4 heterocycles. The Morgan fingerprint density at radius 1 is 0.951 bits per heavy atom. The van der Waals surface area contributed by atoms with Crippen LogP contribution in [0.15, 0.2) is 58.1 Å². The zero-order valence-corrected chi connectivity index (χ0v) is 23.4. The molecule has 0 radical (unpaired) electrons. The highest BCUT2D eigenvalue weighted by atomic mass is 32.2. The Morgan fingerprint density at radius 2 is 1.71 bits per heavy atom. The van der Waals surface area contributed by atoms with E-state index in [2.05, 4.69) is 37.2 Å². The highest BCUT2D eigenvalue weighted by Crippen LogP contribution is 2.32. The van der Waals surface area contributed by atoms with Crippen molar-refractivity contribution >= 4 is 23.5 Å². The van der Waals surface area contributed by atoms with Crippen molar-refractivity contribution in [3.8, 4) is 0 Å². The SMILES string of the molecule is O=C(NCCN1CCOCC1)c1ccc(CSc2nc(N3CCN(Cc4ccccc4)CC3)cc(C(F)(F)F)n2)o1. The van der Waals surface area contributed by atoms with Crippen molar-refractivity contribution in [2.75, 3.05) is 70.5 Å². The Bertz CT molecular complexity index is 1280. The summed E-state index contributed by atoms with van der Waals surface area (Å²) in [5.41, 5.74) is 0.226. The maximum absolute atomic E-state index is 13.7. The number of halogens is 3. The van der Waals surface area contributed by atoms with Crippen LogP contribution < -0.4 is 10.2 Å². The topological polar surface area (TPSA) is 87.0 Å². The highest BCUT2D eigenvalue weighted by molar-refractivity contribution is 7.98. The lowest BCUT2D eigenvalue weighted by molar-refractivity contribution is -0.141. The number of thioether (sulfide) groups is 1. The molecule has 9 nitrogen and oxygen atoms in total. The van der Waals surface area contributed by atoms with Crippen LogP contribution in [0.5, 0.6) is 0 Å². The molecule has 2 aromatic heterocycles. The summed E-state index contributed by atoms with van der Waals surface area (Å²) in [6.07, 6.45) is -4.60. The summed E-state index contributed by atoms with van der Waals surface area (Å²) in [6, 6.07) is 14.3. The number of hydrogen-bond donors (Lipinski definition) is 1. The average molecular weight is 591 g/mol. The molecule has 41 heavy (non-hydrogen) atoms. The molecule has 1 aromatic carbocycles. The molecular formula is C28H33F3N6O3S. The molecule has 220 valence electrons. The van der Waals surface area contributed by atoms with Crippen molar-refractivity contribution in [1.29, 1.82) is 0 Å². The zero-order chi connectivity index (χ0) is 28.7. The van der Waals surface area contributed by atoms with Gasteiger partial charge in [0.15, 0.2) is 16.6 Å². The zero-order valence-electron chi connectivity index (χ0n) is 22.6. The van der Waals surface area contributed by atoms with Gasteiger partial charge in [-0.1, -0.05) is 42.1 Å². The third kappa shape index (κ3) is 8.44. The van der Waals surface area contributed by atoms with Crippen LogP contribution in [0.25, 0.3) is 0 Å². The van der Waals surface area contributed by atoms with Crippen LogP contribution in [0.2, 0.25) is 0 Å². The minimum Gasteiger partial charge on any atom is -0.455 e. The van der Waals surface area contributed by atoms with Crippen molar-refractivity contribution in [2.45, 2.75) is 23.6 Å². The Morgan fingerprint density at radius 3 is 2.44 bits per heavy atom. The molecular weight excluding hydrogens is 557 g/mol. The standard InChI is InChI=1S/C28H33F3N6O3S/c29-28(30,31)24-18-25(37-12-10-36(11-13-37)19-21-4-2-1-3-5-21)34-27(33-24)41-20-22-6-7-23(40-22)26(38)32-8-9-35-14-16-39-17-15-35/h1-7,18H,8-17,19-20H2,(H,32,38). The predicted molar refractivity (Wildman–Crippen MR) is 149 cm³/mol. The molecule has 0 bridgehead atoms. The van der Waals surface area contributed by atoms with Crippen LogP contribution in [-0.4, -0.2) is 91.2 Å². The fourth-order valence-corrected chi connectivity index (χ4v) is 5.46. The smallest absolute Gasteiger partial charge is 0.433 e. The van der Waals surface area contributed by atoms with E-state index in [1.807, 2.05) is 23.1 Å². The Balaban J connectivity index is 1.16. The Hall–Kier alpha value is -3.13.